The van der Waals surface area contributed by atoms with Crippen LogP contribution in [0.5, 0.6) is 0 Å². The molecule has 0 aromatic carbocycles. The molecule has 0 aliphatic carbocycles. The Morgan fingerprint density at radius 3 is 3.18 bits per heavy atom. The SMILES string of the molecule is Br.Cn1ncc2c1CNCC2. The molecular weight excluding hydrogens is 206 g/mol. The van der Waals surface area contributed by atoms with Gasteiger partial charge in [0, 0.05) is 13.6 Å². The third-order valence-electron chi connectivity index (χ3n) is 2.01. The lowest BCUT2D eigenvalue weighted by atomic mass is 10.1. The maximum Gasteiger partial charge on any atom is 0.0551 e. The molecule has 0 radical (unpaired) electrons. The Bertz CT molecular complexity index is 244. The van der Waals surface area contributed by atoms with Gasteiger partial charge in [-0.1, -0.05) is 0 Å². The molecule has 0 bridgehead atoms. The first-order valence-corrected chi connectivity index (χ1v) is 3.58. The quantitative estimate of drug-likeness (QED) is 0.692. The molecule has 1 aromatic rings. The number of aryl methyl sites for hydroxylation is 1. The van der Waals surface area contributed by atoms with E-state index in [-0.39, 0.29) is 17.0 Å². The molecule has 2 heterocycles. The Kier molecular flexibility index (Phi) is 2.67. The molecule has 0 saturated carbocycles. The summed E-state index contributed by atoms with van der Waals surface area (Å²) >= 11 is 0. The molecule has 0 amide bonds. The van der Waals surface area contributed by atoms with Crippen LogP contribution in [0.25, 0.3) is 0 Å². The highest BCUT2D eigenvalue weighted by atomic mass is 79.9. The van der Waals surface area contributed by atoms with Crippen molar-refractivity contribution in [1.82, 2.24) is 15.1 Å². The summed E-state index contributed by atoms with van der Waals surface area (Å²) < 4.78 is 1.95. The first kappa shape index (κ1) is 8.74. The van der Waals surface area contributed by atoms with Crippen LogP contribution in [0.3, 0.4) is 0 Å². The molecule has 1 aliphatic rings. The maximum atomic E-state index is 4.17. The van der Waals surface area contributed by atoms with Crippen molar-refractivity contribution in [3.8, 4) is 0 Å². The van der Waals surface area contributed by atoms with Crippen molar-refractivity contribution >= 4 is 17.0 Å². The molecule has 0 unspecified atom stereocenters. The molecule has 3 nitrogen and oxygen atoms in total. The van der Waals surface area contributed by atoms with E-state index < -0.39 is 0 Å². The van der Waals surface area contributed by atoms with Crippen LogP contribution in [0.15, 0.2) is 6.20 Å². The van der Waals surface area contributed by atoms with E-state index in [9.17, 15) is 0 Å². The highest BCUT2D eigenvalue weighted by molar-refractivity contribution is 8.93. The molecule has 1 aromatic heterocycles. The molecule has 1 N–H and O–H groups in total. The van der Waals surface area contributed by atoms with Gasteiger partial charge in [0.2, 0.25) is 0 Å². The Balaban J connectivity index is 0.000000605. The van der Waals surface area contributed by atoms with Crippen LogP contribution in [0.4, 0.5) is 0 Å². The third kappa shape index (κ3) is 1.46. The third-order valence-corrected chi connectivity index (χ3v) is 2.01. The lowest BCUT2D eigenvalue weighted by molar-refractivity contribution is 0.593. The number of hydrogen-bond acceptors (Lipinski definition) is 2. The summed E-state index contributed by atoms with van der Waals surface area (Å²) in [5.41, 5.74) is 2.74. The van der Waals surface area contributed by atoms with Crippen molar-refractivity contribution in [3.63, 3.8) is 0 Å². The van der Waals surface area contributed by atoms with Crippen molar-refractivity contribution in [1.29, 1.82) is 0 Å². The number of halogens is 1. The summed E-state index contributed by atoms with van der Waals surface area (Å²) in [5.74, 6) is 0. The standard InChI is InChI=1S/C7H11N3.BrH/c1-10-7-5-8-3-2-6(7)4-9-10;/h4,8H,2-3,5H2,1H3;1H. The van der Waals surface area contributed by atoms with Crippen LogP contribution in [0.1, 0.15) is 11.3 Å². The Morgan fingerprint density at radius 2 is 2.45 bits per heavy atom. The zero-order chi connectivity index (χ0) is 6.97. The number of rotatable bonds is 0. The van der Waals surface area contributed by atoms with E-state index in [1.165, 1.54) is 11.3 Å². The number of nitrogens with one attached hydrogen (secondary N) is 1. The molecule has 4 heteroatoms. The lowest BCUT2D eigenvalue weighted by Crippen LogP contribution is -2.24. The fraction of sp³-hybridized carbons (Fsp3) is 0.571. The number of aromatic nitrogens is 2. The van der Waals surface area contributed by atoms with E-state index in [0.717, 1.165) is 19.5 Å². The van der Waals surface area contributed by atoms with Gasteiger partial charge in [-0.3, -0.25) is 4.68 Å². The minimum Gasteiger partial charge on any atom is -0.311 e. The van der Waals surface area contributed by atoms with Crippen LogP contribution in [-0.4, -0.2) is 16.3 Å². The van der Waals surface area contributed by atoms with E-state index in [1.54, 1.807) is 0 Å². The number of nitrogens with zero attached hydrogens (tertiary/aromatic N) is 2. The van der Waals surface area contributed by atoms with Crippen molar-refractivity contribution < 1.29 is 0 Å². The highest BCUT2D eigenvalue weighted by Crippen LogP contribution is 2.10. The number of hydrogen-bond donors (Lipinski definition) is 1. The van der Waals surface area contributed by atoms with E-state index in [0.29, 0.717) is 0 Å². The second-order valence-electron chi connectivity index (χ2n) is 2.67. The van der Waals surface area contributed by atoms with Gasteiger partial charge in [-0.05, 0) is 18.5 Å². The van der Waals surface area contributed by atoms with E-state index in [1.807, 2.05) is 17.9 Å². The topological polar surface area (TPSA) is 29.9 Å². The van der Waals surface area contributed by atoms with Crippen LogP contribution in [0, 0.1) is 0 Å². The van der Waals surface area contributed by atoms with Gasteiger partial charge in [-0.15, -0.1) is 17.0 Å². The second-order valence-corrected chi connectivity index (χ2v) is 2.67. The van der Waals surface area contributed by atoms with Crippen LogP contribution < -0.4 is 5.32 Å². The van der Waals surface area contributed by atoms with Crippen molar-refractivity contribution in [3.05, 3.63) is 17.5 Å². The molecule has 11 heavy (non-hydrogen) atoms. The molecule has 0 saturated heterocycles. The second kappa shape index (κ2) is 3.36. The zero-order valence-corrected chi connectivity index (χ0v) is 8.21. The zero-order valence-electron chi connectivity index (χ0n) is 6.50. The van der Waals surface area contributed by atoms with E-state index in [4.69, 9.17) is 0 Å². The van der Waals surface area contributed by atoms with Gasteiger partial charge in [-0.2, -0.15) is 5.10 Å². The Hall–Kier alpha value is -0.350. The molecular formula is C7H12BrN3. The van der Waals surface area contributed by atoms with Crippen LogP contribution in [0.2, 0.25) is 0 Å². The summed E-state index contributed by atoms with van der Waals surface area (Å²) in [6.45, 7) is 2.07. The molecule has 62 valence electrons. The minimum absolute atomic E-state index is 0. The maximum absolute atomic E-state index is 4.17. The van der Waals surface area contributed by atoms with E-state index in [2.05, 4.69) is 10.4 Å². The largest absolute Gasteiger partial charge is 0.311 e. The first-order chi connectivity index (χ1) is 4.88. The summed E-state index contributed by atoms with van der Waals surface area (Å²) in [5, 5.41) is 7.48. The fourth-order valence-electron chi connectivity index (χ4n) is 1.37. The van der Waals surface area contributed by atoms with Crippen molar-refractivity contribution in [2.45, 2.75) is 13.0 Å². The van der Waals surface area contributed by atoms with Gasteiger partial charge >= 0.3 is 0 Å². The minimum atomic E-state index is 0. The van der Waals surface area contributed by atoms with Gasteiger partial charge in [0.1, 0.15) is 0 Å². The lowest BCUT2D eigenvalue weighted by Gasteiger charge is -2.12. The van der Waals surface area contributed by atoms with Crippen LogP contribution >= 0.6 is 17.0 Å². The van der Waals surface area contributed by atoms with Gasteiger partial charge < -0.3 is 5.32 Å². The molecule has 0 spiro atoms. The summed E-state index contributed by atoms with van der Waals surface area (Å²) in [6.07, 6.45) is 3.10. The normalized spacial score (nSPS) is 15.4. The fourth-order valence-corrected chi connectivity index (χ4v) is 1.37. The monoisotopic (exact) mass is 217 g/mol. The Morgan fingerprint density at radius 1 is 1.64 bits per heavy atom. The van der Waals surface area contributed by atoms with Gasteiger partial charge in [0.15, 0.2) is 0 Å². The summed E-state index contributed by atoms with van der Waals surface area (Å²) in [7, 11) is 1.99. The van der Waals surface area contributed by atoms with Crippen molar-refractivity contribution in [2.24, 2.45) is 7.05 Å². The average Bonchev–Trinajstić information content (AvgIpc) is 2.34. The molecule has 0 fully saturated rings. The van der Waals surface area contributed by atoms with Crippen LogP contribution in [-0.2, 0) is 20.0 Å². The van der Waals surface area contributed by atoms with Gasteiger partial charge in [0.05, 0.1) is 11.9 Å². The van der Waals surface area contributed by atoms with Crippen molar-refractivity contribution in [2.75, 3.05) is 6.54 Å². The average molecular weight is 218 g/mol. The van der Waals surface area contributed by atoms with E-state index >= 15 is 0 Å². The van der Waals surface area contributed by atoms with Gasteiger partial charge in [0.25, 0.3) is 0 Å². The summed E-state index contributed by atoms with van der Waals surface area (Å²) in [6, 6.07) is 0. The first-order valence-electron chi connectivity index (χ1n) is 3.58. The smallest absolute Gasteiger partial charge is 0.0551 e. The molecule has 0 atom stereocenters. The Labute approximate surface area is 76.6 Å². The molecule has 1 aliphatic heterocycles. The predicted octanol–water partition coefficient (Wildman–Crippen LogP) is 0.644. The van der Waals surface area contributed by atoms with Gasteiger partial charge in [-0.25, -0.2) is 0 Å². The molecule has 2 rings (SSSR count). The summed E-state index contributed by atoms with van der Waals surface area (Å²) in [4.78, 5) is 0. The highest BCUT2D eigenvalue weighted by Gasteiger charge is 2.11. The number of fused-ring (bicyclic) bond motifs is 1. The predicted molar refractivity (Wildman–Crippen MR) is 48.9 cm³/mol.